The van der Waals surface area contributed by atoms with Crippen LogP contribution in [0.1, 0.15) is 29.5 Å². The lowest BCUT2D eigenvalue weighted by atomic mass is 9.80. The molecule has 0 unspecified atom stereocenters. The Balaban J connectivity index is 0.823. The SMILES string of the molecule is c1ccc(C(OCCOCCOCCOCCOCCOCCOCCOCCOCCOCCOCCOCCOC2CCNCC2)(c2ccccc2)c2ccccc2)cc1. The Morgan fingerprint density at radius 3 is 0.839 bits per heavy atom. The molecule has 3 aromatic carbocycles. The maximum atomic E-state index is 6.74. The van der Waals surface area contributed by atoms with E-state index in [1.54, 1.807) is 0 Å². The van der Waals surface area contributed by atoms with Crippen molar-refractivity contribution in [3.63, 3.8) is 0 Å². The third-order valence-electron chi connectivity index (χ3n) is 9.67. The lowest BCUT2D eigenvalue weighted by Gasteiger charge is -2.36. The second-order valence-electron chi connectivity index (χ2n) is 14.2. The highest BCUT2D eigenvalue weighted by Crippen LogP contribution is 2.40. The van der Waals surface area contributed by atoms with Crippen LogP contribution in [0.15, 0.2) is 91.0 Å². The fourth-order valence-corrected chi connectivity index (χ4v) is 6.56. The van der Waals surface area contributed by atoms with Crippen LogP contribution in [0.25, 0.3) is 0 Å². The molecule has 62 heavy (non-hydrogen) atoms. The number of nitrogens with one attached hydrogen (secondary N) is 1. The molecule has 1 heterocycles. The van der Waals surface area contributed by atoms with Crippen LogP contribution in [0.3, 0.4) is 0 Å². The summed E-state index contributed by atoms with van der Waals surface area (Å²) >= 11 is 0. The molecule has 0 bridgehead atoms. The van der Waals surface area contributed by atoms with Gasteiger partial charge in [-0.1, -0.05) is 91.0 Å². The van der Waals surface area contributed by atoms with Gasteiger partial charge < -0.3 is 66.9 Å². The number of piperidine rings is 1. The van der Waals surface area contributed by atoms with Gasteiger partial charge in [-0.3, -0.25) is 0 Å². The van der Waals surface area contributed by atoms with E-state index in [4.69, 9.17) is 61.6 Å². The van der Waals surface area contributed by atoms with Crippen LogP contribution in [-0.4, -0.2) is 178 Å². The molecule has 0 amide bonds. The Bertz CT molecular complexity index is 1310. The van der Waals surface area contributed by atoms with Crippen molar-refractivity contribution in [1.82, 2.24) is 5.32 Å². The first-order chi connectivity index (χ1) is 30.9. The highest BCUT2D eigenvalue weighted by molar-refractivity contribution is 5.47. The van der Waals surface area contributed by atoms with Crippen molar-refractivity contribution in [2.75, 3.05) is 172 Å². The quantitative estimate of drug-likeness (QED) is 0.0610. The van der Waals surface area contributed by atoms with Crippen molar-refractivity contribution in [2.45, 2.75) is 24.5 Å². The number of rotatable bonds is 41. The maximum Gasteiger partial charge on any atom is 0.143 e. The number of benzene rings is 3. The van der Waals surface area contributed by atoms with Crippen LogP contribution in [0, 0.1) is 0 Å². The molecule has 1 N–H and O–H groups in total. The molecule has 348 valence electrons. The van der Waals surface area contributed by atoms with Gasteiger partial charge in [0.15, 0.2) is 0 Å². The minimum absolute atomic E-state index is 0.367. The zero-order valence-electron chi connectivity index (χ0n) is 36.8. The third-order valence-corrected chi connectivity index (χ3v) is 9.67. The van der Waals surface area contributed by atoms with Crippen LogP contribution < -0.4 is 5.32 Å². The Labute approximate surface area is 370 Å². The summed E-state index contributed by atoms with van der Waals surface area (Å²) in [5.74, 6) is 0. The Kier molecular flexibility index (Phi) is 30.4. The van der Waals surface area contributed by atoms with E-state index in [2.05, 4.69) is 41.7 Å². The molecule has 3 aromatic rings. The molecule has 14 nitrogen and oxygen atoms in total. The fraction of sp³-hybridized carbons (Fsp3) is 0.625. The normalized spacial score (nSPS) is 13.5. The second-order valence-corrected chi connectivity index (χ2v) is 14.2. The molecule has 0 aromatic heterocycles. The van der Waals surface area contributed by atoms with Gasteiger partial charge >= 0.3 is 0 Å². The minimum Gasteiger partial charge on any atom is -0.377 e. The Morgan fingerprint density at radius 1 is 0.323 bits per heavy atom. The summed E-state index contributed by atoms with van der Waals surface area (Å²) in [6, 6.07) is 31.0. The predicted octanol–water partition coefficient (Wildman–Crippen LogP) is 4.95. The first kappa shape index (κ1) is 51.7. The Hall–Kier alpha value is -2.90. The molecule has 4 rings (SSSR count). The highest BCUT2D eigenvalue weighted by Gasteiger charge is 2.37. The topological polar surface area (TPSA) is 132 Å². The zero-order valence-corrected chi connectivity index (χ0v) is 36.8. The van der Waals surface area contributed by atoms with Crippen molar-refractivity contribution in [3.8, 4) is 0 Å². The summed E-state index contributed by atoms with van der Waals surface area (Å²) in [4.78, 5) is 0. The third kappa shape index (κ3) is 23.2. The van der Waals surface area contributed by atoms with E-state index in [0.29, 0.717) is 165 Å². The van der Waals surface area contributed by atoms with Crippen molar-refractivity contribution in [3.05, 3.63) is 108 Å². The molecule has 0 saturated carbocycles. The first-order valence-corrected chi connectivity index (χ1v) is 22.4. The number of ether oxygens (including phenoxy) is 13. The van der Waals surface area contributed by atoms with E-state index in [0.717, 1.165) is 42.6 Å². The van der Waals surface area contributed by atoms with Gasteiger partial charge in [0.05, 0.1) is 165 Å². The molecule has 1 saturated heterocycles. The average molecular weight is 872 g/mol. The van der Waals surface area contributed by atoms with Crippen molar-refractivity contribution in [2.24, 2.45) is 0 Å². The van der Waals surface area contributed by atoms with Gasteiger partial charge in [-0.25, -0.2) is 0 Å². The summed E-state index contributed by atoms with van der Waals surface area (Å²) in [7, 11) is 0. The van der Waals surface area contributed by atoms with Crippen LogP contribution in [-0.2, 0) is 67.2 Å². The van der Waals surface area contributed by atoms with Crippen LogP contribution in [0.4, 0.5) is 0 Å². The molecule has 0 aliphatic carbocycles. The summed E-state index contributed by atoms with van der Waals surface area (Å²) in [5.41, 5.74) is 2.45. The number of hydrogen-bond acceptors (Lipinski definition) is 14. The van der Waals surface area contributed by atoms with Crippen LogP contribution in [0.5, 0.6) is 0 Å². The number of hydrogen-bond donors (Lipinski definition) is 1. The molecule has 1 fully saturated rings. The molecular formula is C48H73NO13. The van der Waals surface area contributed by atoms with Gasteiger partial charge in [0, 0.05) is 0 Å². The highest BCUT2D eigenvalue weighted by atomic mass is 16.6. The fourth-order valence-electron chi connectivity index (χ4n) is 6.56. The molecule has 0 spiro atoms. The molecule has 1 aliphatic heterocycles. The maximum absolute atomic E-state index is 6.74. The van der Waals surface area contributed by atoms with Crippen molar-refractivity contribution < 1.29 is 61.6 Å². The predicted molar refractivity (Wildman–Crippen MR) is 236 cm³/mol. The first-order valence-electron chi connectivity index (χ1n) is 22.4. The van der Waals surface area contributed by atoms with E-state index in [9.17, 15) is 0 Å². The Morgan fingerprint density at radius 2 is 0.565 bits per heavy atom. The molecule has 0 atom stereocenters. The molecular weight excluding hydrogens is 799 g/mol. The van der Waals surface area contributed by atoms with Crippen molar-refractivity contribution in [1.29, 1.82) is 0 Å². The van der Waals surface area contributed by atoms with Gasteiger partial charge in [-0.15, -0.1) is 0 Å². The lowest BCUT2D eigenvalue weighted by Crippen LogP contribution is -2.34. The molecule has 0 radical (unpaired) electrons. The lowest BCUT2D eigenvalue weighted by molar-refractivity contribution is -0.0400. The van der Waals surface area contributed by atoms with E-state index < -0.39 is 5.60 Å². The largest absolute Gasteiger partial charge is 0.377 e. The van der Waals surface area contributed by atoms with E-state index in [-0.39, 0.29) is 0 Å². The van der Waals surface area contributed by atoms with Gasteiger partial charge in [0.1, 0.15) is 5.60 Å². The van der Waals surface area contributed by atoms with Gasteiger partial charge in [-0.2, -0.15) is 0 Å². The minimum atomic E-state index is -0.754. The second kappa shape index (κ2) is 36.4. The van der Waals surface area contributed by atoms with E-state index in [1.165, 1.54) is 0 Å². The van der Waals surface area contributed by atoms with Gasteiger partial charge in [-0.05, 0) is 42.6 Å². The summed E-state index contributed by atoms with van der Waals surface area (Å²) in [6.07, 6.45) is 2.52. The summed E-state index contributed by atoms with van der Waals surface area (Å²) in [5, 5.41) is 3.33. The van der Waals surface area contributed by atoms with Gasteiger partial charge in [0.25, 0.3) is 0 Å². The van der Waals surface area contributed by atoms with E-state index >= 15 is 0 Å². The molecule has 14 heteroatoms. The molecule has 1 aliphatic rings. The average Bonchev–Trinajstić information content (AvgIpc) is 3.32. The van der Waals surface area contributed by atoms with Crippen molar-refractivity contribution >= 4 is 0 Å². The van der Waals surface area contributed by atoms with Crippen LogP contribution >= 0.6 is 0 Å². The van der Waals surface area contributed by atoms with E-state index in [1.807, 2.05) is 54.6 Å². The van der Waals surface area contributed by atoms with Gasteiger partial charge in [0.2, 0.25) is 0 Å². The smallest absolute Gasteiger partial charge is 0.143 e. The zero-order chi connectivity index (χ0) is 43.1. The summed E-state index contributed by atoms with van der Waals surface area (Å²) in [6.45, 7) is 14.3. The monoisotopic (exact) mass is 872 g/mol. The van der Waals surface area contributed by atoms with Crippen LogP contribution in [0.2, 0.25) is 0 Å². The standard InChI is InChI=1S/C48H73NO13/c1-4-10-44(11-5-1)48(45-12-6-2-7-13-45,46-14-8-3-9-15-46)62-43-41-60-39-37-58-35-33-56-31-29-54-27-25-52-23-21-50-20-22-51-24-26-53-28-30-55-32-34-57-36-38-59-40-42-61-47-16-18-49-19-17-47/h1-15,47,49H,16-43H2. The summed E-state index contributed by atoms with van der Waals surface area (Å²) < 4.78 is 74.0.